The second-order valence-corrected chi connectivity index (χ2v) is 3.58. The van der Waals surface area contributed by atoms with E-state index in [1.165, 1.54) is 11.9 Å². The average Bonchev–Trinajstić information content (AvgIpc) is 2.25. The summed E-state index contributed by atoms with van der Waals surface area (Å²) >= 11 is 0. The Morgan fingerprint density at radius 1 is 1.44 bits per heavy atom. The number of amides is 2. The summed E-state index contributed by atoms with van der Waals surface area (Å²) in [5.41, 5.74) is -1.21. The van der Waals surface area contributed by atoms with Gasteiger partial charge in [0.05, 0.1) is 6.54 Å². The fraction of sp³-hybridized carbons (Fsp3) is 0.636. The standard InChI is InChI=1S/C11H18N2O3/c1-5-8-13(4)10(16)12-11(6-2,7-3)9(14)15/h1H,6-8H2,2-4H3,(H,12,16)(H,14,15). The van der Waals surface area contributed by atoms with E-state index in [0.29, 0.717) is 12.8 Å². The lowest BCUT2D eigenvalue weighted by Gasteiger charge is -2.30. The van der Waals surface area contributed by atoms with Crippen molar-refractivity contribution in [2.75, 3.05) is 13.6 Å². The summed E-state index contributed by atoms with van der Waals surface area (Å²) in [5, 5.41) is 11.6. The minimum Gasteiger partial charge on any atom is -0.480 e. The molecule has 0 saturated carbocycles. The third kappa shape index (κ3) is 3.16. The number of nitrogens with zero attached hydrogens (tertiary/aromatic N) is 1. The van der Waals surface area contributed by atoms with Gasteiger partial charge < -0.3 is 15.3 Å². The predicted molar refractivity (Wildman–Crippen MR) is 60.9 cm³/mol. The fourth-order valence-electron chi connectivity index (χ4n) is 1.29. The molecule has 0 aromatic heterocycles. The lowest BCUT2D eigenvalue weighted by molar-refractivity contribution is -0.144. The minimum absolute atomic E-state index is 0.148. The first-order valence-electron chi connectivity index (χ1n) is 5.13. The minimum atomic E-state index is -1.21. The molecule has 0 aromatic carbocycles. The van der Waals surface area contributed by atoms with E-state index in [0.717, 1.165) is 0 Å². The van der Waals surface area contributed by atoms with E-state index in [-0.39, 0.29) is 6.54 Å². The number of aliphatic carboxylic acids is 1. The first-order valence-corrected chi connectivity index (χ1v) is 5.13. The van der Waals surface area contributed by atoms with Crippen LogP contribution in [-0.2, 0) is 4.79 Å². The highest BCUT2D eigenvalue weighted by molar-refractivity contribution is 5.86. The molecule has 0 atom stereocenters. The van der Waals surface area contributed by atoms with Crippen molar-refractivity contribution >= 4 is 12.0 Å². The van der Waals surface area contributed by atoms with Gasteiger partial charge in [-0.1, -0.05) is 19.8 Å². The average molecular weight is 226 g/mol. The lowest BCUT2D eigenvalue weighted by Crippen LogP contribution is -2.56. The molecule has 0 rings (SSSR count). The third-order valence-corrected chi connectivity index (χ3v) is 2.64. The van der Waals surface area contributed by atoms with Crippen molar-refractivity contribution in [1.29, 1.82) is 0 Å². The molecule has 90 valence electrons. The highest BCUT2D eigenvalue weighted by Crippen LogP contribution is 2.15. The molecular weight excluding hydrogens is 208 g/mol. The molecule has 16 heavy (non-hydrogen) atoms. The van der Waals surface area contributed by atoms with Crippen LogP contribution in [0.25, 0.3) is 0 Å². The summed E-state index contributed by atoms with van der Waals surface area (Å²) in [4.78, 5) is 24.0. The van der Waals surface area contributed by atoms with E-state index in [2.05, 4.69) is 11.2 Å². The zero-order valence-corrected chi connectivity index (χ0v) is 9.91. The van der Waals surface area contributed by atoms with E-state index in [1.54, 1.807) is 13.8 Å². The van der Waals surface area contributed by atoms with Crippen LogP contribution < -0.4 is 5.32 Å². The Labute approximate surface area is 95.8 Å². The summed E-state index contributed by atoms with van der Waals surface area (Å²) in [5.74, 6) is 1.29. The topological polar surface area (TPSA) is 69.6 Å². The summed E-state index contributed by atoms with van der Waals surface area (Å²) in [7, 11) is 1.52. The first kappa shape index (κ1) is 14.3. The molecule has 0 fully saturated rings. The number of terminal acetylenes is 1. The van der Waals surface area contributed by atoms with Crippen molar-refractivity contribution in [3.8, 4) is 12.3 Å². The van der Waals surface area contributed by atoms with Crippen LogP contribution in [0.4, 0.5) is 4.79 Å². The quantitative estimate of drug-likeness (QED) is 0.684. The van der Waals surface area contributed by atoms with Crippen LogP contribution in [-0.4, -0.2) is 41.1 Å². The van der Waals surface area contributed by atoms with E-state index in [9.17, 15) is 9.59 Å². The van der Waals surface area contributed by atoms with Gasteiger partial charge >= 0.3 is 12.0 Å². The molecule has 2 N–H and O–H groups in total. The molecule has 0 spiro atoms. The van der Waals surface area contributed by atoms with Crippen LogP contribution >= 0.6 is 0 Å². The Bertz CT molecular complexity index is 303. The third-order valence-electron chi connectivity index (χ3n) is 2.64. The Morgan fingerprint density at radius 3 is 2.25 bits per heavy atom. The predicted octanol–water partition coefficient (Wildman–Crippen LogP) is 0.904. The van der Waals surface area contributed by atoms with Gasteiger partial charge in [0.2, 0.25) is 0 Å². The zero-order valence-electron chi connectivity index (χ0n) is 9.91. The SMILES string of the molecule is C#CCN(C)C(=O)NC(CC)(CC)C(=O)O. The van der Waals surface area contributed by atoms with Crippen molar-refractivity contribution in [3.63, 3.8) is 0 Å². The van der Waals surface area contributed by atoms with Crippen LogP contribution in [0.1, 0.15) is 26.7 Å². The molecule has 2 amide bonds. The van der Waals surface area contributed by atoms with Gasteiger partial charge in [0.25, 0.3) is 0 Å². The molecule has 0 aromatic rings. The molecule has 0 saturated heterocycles. The van der Waals surface area contributed by atoms with Crippen LogP contribution in [0, 0.1) is 12.3 Å². The molecule has 0 radical (unpaired) electrons. The Kier molecular flexibility index (Phi) is 5.37. The summed E-state index contributed by atoms with van der Waals surface area (Å²) in [6.45, 7) is 3.59. The van der Waals surface area contributed by atoms with Crippen LogP contribution in [0.2, 0.25) is 0 Å². The Hall–Kier alpha value is -1.70. The van der Waals surface area contributed by atoms with Gasteiger partial charge in [0.1, 0.15) is 5.54 Å². The van der Waals surface area contributed by atoms with E-state index in [4.69, 9.17) is 11.5 Å². The number of carboxylic acid groups (broad SMARTS) is 1. The maximum atomic E-state index is 11.6. The summed E-state index contributed by atoms with van der Waals surface area (Å²) < 4.78 is 0. The van der Waals surface area contributed by atoms with Crippen molar-refractivity contribution in [1.82, 2.24) is 10.2 Å². The maximum absolute atomic E-state index is 11.6. The summed E-state index contributed by atoms with van der Waals surface area (Å²) in [6, 6.07) is -0.468. The number of rotatable bonds is 5. The summed E-state index contributed by atoms with van der Waals surface area (Å²) in [6.07, 6.45) is 5.72. The van der Waals surface area contributed by atoms with Gasteiger partial charge in [-0.15, -0.1) is 6.42 Å². The van der Waals surface area contributed by atoms with E-state index >= 15 is 0 Å². The molecule has 0 aliphatic heterocycles. The van der Waals surface area contributed by atoms with E-state index < -0.39 is 17.5 Å². The zero-order chi connectivity index (χ0) is 12.8. The monoisotopic (exact) mass is 226 g/mol. The van der Waals surface area contributed by atoms with Crippen molar-refractivity contribution < 1.29 is 14.7 Å². The fourth-order valence-corrected chi connectivity index (χ4v) is 1.29. The van der Waals surface area contributed by atoms with Gasteiger partial charge in [-0.2, -0.15) is 0 Å². The first-order chi connectivity index (χ1) is 7.43. The van der Waals surface area contributed by atoms with Gasteiger partial charge in [-0.05, 0) is 12.8 Å². The van der Waals surface area contributed by atoms with Crippen LogP contribution in [0.15, 0.2) is 0 Å². The molecule has 5 nitrogen and oxygen atoms in total. The van der Waals surface area contributed by atoms with Crippen LogP contribution in [0.3, 0.4) is 0 Å². The highest BCUT2D eigenvalue weighted by Gasteiger charge is 2.36. The number of nitrogens with one attached hydrogen (secondary N) is 1. The molecule has 0 heterocycles. The number of hydrogen-bond donors (Lipinski definition) is 2. The Balaban J connectivity index is 4.72. The largest absolute Gasteiger partial charge is 0.480 e. The Morgan fingerprint density at radius 2 is 1.94 bits per heavy atom. The molecule has 5 heteroatoms. The van der Waals surface area contributed by atoms with Crippen LogP contribution in [0.5, 0.6) is 0 Å². The smallest absolute Gasteiger partial charge is 0.329 e. The second kappa shape index (κ2) is 6.01. The number of carboxylic acids is 1. The molecule has 0 bridgehead atoms. The lowest BCUT2D eigenvalue weighted by atomic mass is 9.93. The normalized spacial score (nSPS) is 10.4. The molecule has 0 aliphatic carbocycles. The van der Waals surface area contributed by atoms with Crippen molar-refractivity contribution in [2.45, 2.75) is 32.2 Å². The molecular formula is C11H18N2O3. The second-order valence-electron chi connectivity index (χ2n) is 3.58. The number of hydrogen-bond acceptors (Lipinski definition) is 2. The molecule has 0 unspecified atom stereocenters. The van der Waals surface area contributed by atoms with E-state index in [1.807, 2.05) is 0 Å². The number of carbonyl (C=O) groups is 2. The number of urea groups is 1. The van der Waals surface area contributed by atoms with Crippen molar-refractivity contribution in [3.05, 3.63) is 0 Å². The van der Waals surface area contributed by atoms with Gasteiger partial charge in [0, 0.05) is 7.05 Å². The number of carbonyl (C=O) groups excluding carboxylic acids is 1. The van der Waals surface area contributed by atoms with Gasteiger partial charge in [-0.25, -0.2) is 9.59 Å². The molecule has 0 aliphatic rings. The van der Waals surface area contributed by atoms with Gasteiger partial charge in [-0.3, -0.25) is 0 Å². The van der Waals surface area contributed by atoms with Gasteiger partial charge in [0.15, 0.2) is 0 Å². The van der Waals surface area contributed by atoms with Crippen molar-refractivity contribution in [2.24, 2.45) is 0 Å². The highest BCUT2D eigenvalue weighted by atomic mass is 16.4. The maximum Gasteiger partial charge on any atom is 0.329 e.